The van der Waals surface area contributed by atoms with Gasteiger partial charge in [-0.2, -0.15) is 13.2 Å². The van der Waals surface area contributed by atoms with Crippen LogP contribution in [0.15, 0.2) is 79.0 Å². The molecule has 31 heavy (non-hydrogen) atoms. The van der Waals surface area contributed by atoms with E-state index in [0.717, 1.165) is 23.0 Å². The van der Waals surface area contributed by atoms with Gasteiger partial charge in [0, 0.05) is 23.6 Å². The number of fused-ring (bicyclic) bond motifs is 1. The van der Waals surface area contributed by atoms with Crippen molar-refractivity contribution in [3.8, 4) is 5.75 Å². The Kier molecular flexibility index (Phi) is 5.42. The molecule has 1 N–H and O–H groups in total. The minimum Gasteiger partial charge on any atom is -0.489 e. The molecule has 3 aromatic carbocycles. The summed E-state index contributed by atoms with van der Waals surface area (Å²) < 4.78 is 45.7. The molecule has 0 unspecified atom stereocenters. The molecule has 0 fully saturated rings. The summed E-state index contributed by atoms with van der Waals surface area (Å²) in [6, 6.07) is 19.2. The Balaban J connectivity index is 1.48. The summed E-state index contributed by atoms with van der Waals surface area (Å²) >= 11 is 0. The van der Waals surface area contributed by atoms with E-state index < -0.39 is 17.7 Å². The van der Waals surface area contributed by atoms with E-state index in [1.54, 1.807) is 30.3 Å². The Morgan fingerprint density at radius 3 is 2.42 bits per heavy atom. The van der Waals surface area contributed by atoms with E-state index in [-0.39, 0.29) is 12.2 Å². The highest BCUT2D eigenvalue weighted by Crippen LogP contribution is 2.29. The van der Waals surface area contributed by atoms with E-state index in [2.05, 4.69) is 0 Å². The summed E-state index contributed by atoms with van der Waals surface area (Å²) in [6.45, 7) is 0.564. The van der Waals surface area contributed by atoms with Gasteiger partial charge in [-0.15, -0.1) is 0 Å². The number of hydrogen-bond acceptors (Lipinski definition) is 2. The average Bonchev–Trinajstić information content (AvgIpc) is 3.14. The molecule has 0 aliphatic heterocycles. The van der Waals surface area contributed by atoms with Crippen molar-refractivity contribution in [2.75, 3.05) is 0 Å². The van der Waals surface area contributed by atoms with Crippen molar-refractivity contribution in [3.63, 3.8) is 0 Å². The summed E-state index contributed by atoms with van der Waals surface area (Å²) in [5.41, 5.74) is 1.83. The fraction of sp³-hybridized carbons (Fsp3) is 0.125. The Bertz CT molecular complexity index is 1230. The molecule has 0 bridgehead atoms. The quantitative estimate of drug-likeness (QED) is 0.413. The number of aromatic nitrogens is 1. The molecule has 1 aromatic heterocycles. The minimum absolute atomic E-state index is 0.149. The summed E-state index contributed by atoms with van der Waals surface area (Å²) in [4.78, 5) is 11.4. The lowest BCUT2D eigenvalue weighted by Crippen LogP contribution is -2.06. The van der Waals surface area contributed by atoms with Crippen molar-refractivity contribution >= 4 is 16.9 Å². The molecule has 4 rings (SSSR count). The first-order valence-corrected chi connectivity index (χ1v) is 9.50. The topological polar surface area (TPSA) is 51.5 Å². The number of alkyl halides is 3. The Hall–Kier alpha value is -3.74. The molecule has 1 heterocycles. The van der Waals surface area contributed by atoms with Gasteiger partial charge in [0.2, 0.25) is 0 Å². The van der Waals surface area contributed by atoms with Gasteiger partial charge in [0.25, 0.3) is 0 Å². The first-order valence-electron chi connectivity index (χ1n) is 9.50. The van der Waals surface area contributed by atoms with Gasteiger partial charge in [-0.05, 0) is 53.6 Å². The molecular formula is C24H18F3NO3. The second kappa shape index (κ2) is 8.18. The van der Waals surface area contributed by atoms with Gasteiger partial charge in [-0.25, -0.2) is 4.79 Å². The van der Waals surface area contributed by atoms with Crippen LogP contribution in [0, 0.1) is 0 Å². The molecule has 0 saturated carbocycles. The average molecular weight is 425 g/mol. The first-order chi connectivity index (χ1) is 14.8. The highest BCUT2D eigenvalue weighted by Gasteiger charge is 2.29. The second-order valence-electron chi connectivity index (χ2n) is 7.11. The molecule has 4 aromatic rings. The van der Waals surface area contributed by atoms with Crippen molar-refractivity contribution in [1.29, 1.82) is 0 Å². The fourth-order valence-electron chi connectivity index (χ4n) is 3.41. The standard InChI is InChI=1S/C24H18F3NO3/c25-24(26,27)19-7-5-16(6-8-19)15-31-20-9-10-22-17(13-20)11-12-28(22)14-18-3-1-2-4-21(18)23(29)30/h1-13H,14-15H2,(H,29,30). The highest BCUT2D eigenvalue weighted by atomic mass is 19.4. The maximum Gasteiger partial charge on any atom is 0.416 e. The molecule has 0 aliphatic rings. The number of ether oxygens (including phenoxy) is 1. The van der Waals surface area contributed by atoms with E-state index >= 15 is 0 Å². The van der Waals surface area contributed by atoms with Crippen LogP contribution < -0.4 is 4.74 Å². The first kappa shape index (κ1) is 20.5. The molecule has 0 atom stereocenters. The minimum atomic E-state index is -4.36. The third-order valence-electron chi connectivity index (χ3n) is 5.02. The maximum absolute atomic E-state index is 12.7. The predicted octanol–water partition coefficient (Wildman–Crippen LogP) is 5.99. The van der Waals surface area contributed by atoms with Crippen LogP contribution in [0.3, 0.4) is 0 Å². The zero-order chi connectivity index (χ0) is 22.0. The number of rotatable bonds is 6. The van der Waals surface area contributed by atoms with Gasteiger partial charge in [0.05, 0.1) is 11.1 Å². The van der Waals surface area contributed by atoms with Crippen LogP contribution in [-0.4, -0.2) is 15.6 Å². The number of benzene rings is 3. The molecule has 0 aliphatic carbocycles. The zero-order valence-electron chi connectivity index (χ0n) is 16.3. The van der Waals surface area contributed by atoms with Crippen LogP contribution in [0.1, 0.15) is 27.0 Å². The van der Waals surface area contributed by atoms with Crippen LogP contribution in [0.5, 0.6) is 5.75 Å². The van der Waals surface area contributed by atoms with Crippen LogP contribution in [0.4, 0.5) is 13.2 Å². The number of carboxylic acid groups (broad SMARTS) is 1. The van der Waals surface area contributed by atoms with Crippen LogP contribution >= 0.6 is 0 Å². The Morgan fingerprint density at radius 2 is 1.71 bits per heavy atom. The Labute approximate surface area is 176 Å². The van der Waals surface area contributed by atoms with Gasteiger partial charge < -0.3 is 14.4 Å². The van der Waals surface area contributed by atoms with Gasteiger partial charge in [0.1, 0.15) is 12.4 Å². The number of halogens is 3. The molecular weight excluding hydrogens is 407 g/mol. The molecule has 7 heteroatoms. The van der Waals surface area contributed by atoms with E-state index in [1.165, 1.54) is 12.1 Å². The number of nitrogens with zero attached hydrogens (tertiary/aromatic N) is 1. The highest BCUT2D eigenvalue weighted by molar-refractivity contribution is 5.89. The summed E-state index contributed by atoms with van der Waals surface area (Å²) in [5.74, 6) is -0.373. The Morgan fingerprint density at radius 1 is 0.968 bits per heavy atom. The lowest BCUT2D eigenvalue weighted by atomic mass is 10.1. The van der Waals surface area contributed by atoms with Gasteiger partial charge in [-0.1, -0.05) is 30.3 Å². The van der Waals surface area contributed by atoms with Crippen LogP contribution in [0.2, 0.25) is 0 Å². The molecule has 4 nitrogen and oxygen atoms in total. The molecule has 0 radical (unpaired) electrons. The van der Waals surface area contributed by atoms with Gasteiger partial charge >= 0.3 is 12.1 Å². The zero-order valence-corrected chi connectivity index (χ0v) is 16.3. The van der Waals surface area contributed by atoms with E-state index in [0.29, 0.717) is 23.4 Å². The summed E-state index contributed by atoms with van der Waals surface area (Å²) in [6.07, 6.45) is -2.48. The fourth-order valence-corrected chi connectivity index (χ4v) is 3.41. The van der Waals surface area contributed by atoms with E-state index in [1.807, 2.05) is 29.0 Å². The largest absolute Gasteiger partial charge is 0.489 e. The monoisotopic (exact) mass is 425 g/mol. The molecule has 0 amide bonds. The number of hydrogen-bond donors (Lipinski definition) is 1. The molecule has 158 valence electrons. The van der Waals surface area contributed by atoms with Crippen molar-refractivity contribution < 1.29 is 27.8 Å². The molecule has 0 spiro atoms. The number of carbonyl (C=O) groups is 1. The summed E-state index contributed by atoms with van der Waals surface area (Å²) in [5, 5.41) is 10.3. The normalized spacial score (nSPS) is 11.6. The van der Waals surface area contributed by atoms with Crippen LogP contribution in [0.25, 0.3) is 10.9 Å². The smallest absolute Gasteiger partial charge is 0.416 e. The third kappa shape index (κ3) is 4.55. The predicted molar refractivity (Wildman–Crippen MR) is 110 cm³/mol. The van der Waals surface area contributed by atoms with Crippen molar-refractivity contribution in [1.82, 2.24) is 4.57 Å². The number of carboxylic acids is 1. The lowest BCUT2D eigenvalue weighted by molar-refractivity contribution is -0.137. The third-order valence-corrected chi connectivity index (χ3v) is 5.02. The molecule has 0 saturated heterocycles. The van der Waals surface area contributed by atoms with E-state index in [4.69, 9.17) is 4.74 Å². The SMILES string of the molecule is O=C(O)c1ccccc1Cn1ccc2cc(OCc3ccc(C(F)(F)F)cc3)ccc21. The van der Waals surface area contributed by atoms with E-state index in [9.17, 15) is 23.1 Å². The summed E-state index contributed by atoms with van der Waals surface area (Å²) in [7, 11) is 0. The van der Waals surface area contributed by atoms with Crippen LogP contribution in [-0.2, 0) is 19.3 Å². The lowest BCUT2D eigenvalue weighted by Gasteiger charge is -2.11. The van der Waals surface area contributed by atoms with Crippen molar-refractivity contribution in [2.45, 2.75) is 19.3 Å². The maximum atomic E-state index is 12.7. The van der Waals surface area contributed by atoms with Crippen molar-refractivity contribution in [3.05, 3.63) is 101 Å². The second-order valence-corrected chi connectivity index (χ2v) is 7.11. The number of aromatic carboxylic acids is 1. The van der Waals surface area contributed by atoms with Gasteiger partial charge in [-0.3, -0.25) is 0 Å². The van der Waals surface area contributed by atoms with Crippen molar-refractivity contribution in [2.24, 2.45) is 0 Å². The van der Waals surface area contributed by atoms with Gasteiger partial charge in [0.15, 0.2) is 0 Å².